The van der Waals surface area contributed by atoms with Crippen LogP contribution >= 0.6 is 11.3 Å². The zero-order chi connectivity index (χ0) is 18.3. The average Bonchev–Trinajstić information content (AvgIpc) is 2.99. The summed E-state index contributed by atoms with van der Waals surface area (Å²) in [6, 6.07) is 7.79. The van der Waals surface area contributed by atoms with Gasteiger partial charge in [0.15, 0.2) is 0 Å². The predicted molar refractivity (Wildman–Crippen MR) is 106 cm³/mol. The van der Waals surface area contributed by atoms with Crippen LogP contribution in [0.4, 0.5) is 0 Å². The van der Waals surface area contributed by atoms with E-state index in [2.05, 4.69) is 4.98 Å². The minimum atomic E-state index is -0.281. The van der Waals surface area contributed by atoms with Gasteiger partial charge in [-0.1, -0.05) is 19.3 Å². The third-order valence-corrected chi connectivity index (χ3v) is 6.57. The van der Waals surface area contributed by atoms with Gasteiger partial charge in [0.1, 0.15) is 10.6 Å². The van der Waals surface area contributed by atoms with Crippen LogP contribution in [-0.4, -0.2) is 16.7 Å². The molecule has 6 heteroatoms. The van der Waals surface area contributed by atoms with Crippen LogP contribution < -0.4 is 16.0 Å². The van der Waals surface area contributed by atoms with Crippen molar-refractivity contribution in [2.24, 2.45) is 0 Å². The number of hydrogen-bond acceptors (Lipinski definition) is 4. The van der Waals surface area contributed by atoms with E-state index in [1.807, 2.05) is 31.2 Å². The Bertz CT molecular complexity index is 1050. The number of methoxy groups -OCH3 is 1. The standard InChI is InChI=1S/C20H22N2O3S/c1-12-16-18(26-17(12)13-8-10-15(25-2)11-9-13)21-20(24)22(19(16)23)14-6-4-3-5-7-14/h8-11,14H,3-7H2,1-2H3,(H,21,24). The van der Waals surface area contributed by atoms with Gasteiger partial charge in [0.2, 0.25) is 0 Å². The topological polar surface area (TPSA) is 64.1 Å². The summed E-state index contributed by atoms with van der Waals surface area (Å²) in [4.78, 5) is 30.4. The van der Waals surface area contributed by atoms with Gasteiger partial charge in [0.05, 0.1) is 12.5 Å². The summed E-state index contributed by atoms with van der Waals surface area (Å²) in [7, 11) is 1.64. The van der Waals surface area contributed by atoms with Crippen molar-refractivity contribution in [1.82, 2.24) is 9.55 Å². The van der Waals surface area contributed by atoms with Gasteiger partial charge in [-0.15, -0.1) is 11.3 Å². The summed E-state index contributed by atoms with van der Waals surface area (Å²) in [5.74, 6) is 0.792. The van der Waals surface area contributed by atoms with Crippen LogP contribution in [-0.2, 0) is 0 Å². The van der Waals surface area contributed by atoms with E-state index >= 15 is 0 Å². The van der Waals surface area contributed by atoms with Gasteiger partial charge < -0.3 is 4.74 Å². The van der Waals surface area contributed by atoms with E-state index in [1.165, 1.54) is 22.3 Å². The van der Waals surface area contributed by atoms with Crippen molar-refractivity contribution in [2.75, 3.05) is 7.11 Å². The fourth-order valence-electron chi connectivity index (χ4n) is 3.92. The maximum atomic E-state index is 13.1. The molecule has 1 aromatic carbocycles. The lowest BCUT2D eigenvalue weighted by molar-refractivity contribution is 0.338. The monoisotopic (exact) mass is 370 g/mol. The molecule has 3 aromatic rings. The van der Waals surface area contributed by atoms with Crippen LogP contribution in [0.1, 0.15) is 43.7 Å². The first-order valence-electron chi connectivity index (χ1n) is 9.02. The number of nitrogens with zero attached hydrogens (tertiary/aromatic N) is 1. The lowest BCUT2D eigenvalue weighted by atomic mass is 9.95. The Kier molecular flexibility index (Phi) is 4.44. The second-order valence-electron chi connectivity index (χ2n) is 6.89. The largest absolute Gasteiger partial charge is 0.497 e. The molecule has 2 aromatic heterocycles. The second kappa shape index (κ2) is 6.76. The number of hydrogen-bond donors (Lipinski definition) is 1. The van der Waals surface area contributed by atoms with E-state index in [0.29, 0.717) is 10.2 Å². The van der Waals surface area contributed by atoms with Crippen LogP contribution in [0.15, 0.2) is 33.9 Å². The highest BCUT2D eigenvalue weighted by Crippen LogP contribution is 2.36. The molecule has 2 heterocycles. The molecular weight excluding hydrogens is 348 g/mol. The van der Waals surface area contributed by atoms with Crippen molar-refractivity contribution in [3.05, 3.63) is 50.7 Å². The van der Waals surface area contributed by atoms with E-state index in [1.54, 1.807) is 7.11 Å². The molecule has 26 heavy (non-hydrogen) atoms. The van der Waals surface area contributed by atoms with Crippen LogP contribution in [0, 0.1) is 6.92 Å². The van der Waals surface area contributed by atoms with Crippen LogP contribution in [0.5, 0.6) is 5.75 Å². The zero-order valence-corrected chi connectivity index (χ0v) is 15.8. The zero-order valence-electron chi connectivity index (χ0n) is 15.0. The van der Waals surface area contributed by atoms with Crippen molar-refractivity contribution >= 4 is 21.6 Å². The molecule has 5 nitrogen and oxygen atoms in total. The fourth-order valence-corrected chi connectivity index (χ4v) is 5.11. The molecule has 0 atom stereocenters. The predicted octanol–water partition coefficient (Wildman–Crippen LogP) is 4.24. The van der Waals surface area contributed by atoms with E-state index in [-0.39, 0.29) is 17.3 Å². The van der Waals surface area contributed by atoms with Crippen molar-refractivity contribution in [1.29, 1.82) is 0 Å². The number of H-pyrrole nitrogens is 1. The molecule has 136 valence electrons. The van der Waals surface area contributed by atoms with Gasteiger partial charge in [0, 0.05) is 10.9 Å². The number of fused-ring (bicyclic) bond motifs is 1. The Balaban J connectivity index is 1.88. The summed E-state index contributed by atoms with van der Waals surface area (Å²) < 4.78 is 6.67. The molecule has 0 aliphatic heterocycles. The highest BCUT2D eigenvalue weighted by atomic mass is 32.1. The molecule has 1 fully saturated rings. The van der Waals surface area contributed by atoms with Crippen molar-refractivity contribution in [3.8, 4) is 16.2 Å². The minimum absolute atomic E-state index is 0.0214. The van der Waals surface area contributed by atoms with Gasteiger partial charge in [-0.2, -0.15) is 0 Å². The summed E-state index contributed by atoms with van der Waals surface area (Å²) >= 11 is 1.46. The first kappa shape index (κ1) is 17.1. The summed E-state index contributed by atoms with van der Waals surface area (Å²) in [6.07, 6.45) is 5.15. The quantitative estimate of drug-likeness (QED) is 0.750. The van der Waals surface area contributed by atoms with E-state index in [0.717, 1.165) is 47.4 Å². The number of nitrogens with one attached hydrogen (secondary N) is 1. The number of aryl methyl sites for hydroxylation is 1. The molecule has 1 saturated carbocycles. The number of aromatic amines is 1. The number of aromatic nitrogens is 2. The molecule has 1 aliphatic carbocycles. The third-order valence-electron chi connectivity index (χ3n) is 5.31. The van der Waals surface area contributed by atoms with Gasteiger partial charge in [-0.25, -0.2) is 4.79 Å². The van der Waals surface area contributed by atoms with E-state index in [9.17, 15) is 9.59 Å². The Morgan fingerprint density at radius 2 is 1.81 bits per heavy atom. The molecule has 4 rings (SSSR count). The molecular formula is C20H22N2O3S. The Hall–Kier alpha value is -2.34. The smallest absolute Gasteiger partial charge is 0.329 e. The van der Waals surface area contributed by atoms with Crippen molar-refractivity contribution in [2.45, 2.75) is 45.1 Å². The lowest BCUT2D eigenvalue weighted by Gasteiger charge is -2.22. The Labute approximate surface area is 155 Å². The first-order valence-corrected chi connectivity index (χ1v) is 9.84. The average molecular weight is 370 g/mol. The van der Waals surface area contributed by atoms with Crippen molar-refractivity contribution < 1.29 is 4.74 Å². The molecule has 0 unspecified atom stereocenters. The molecule has 0 spiro atoms. The van der Waals surface area contributed by atoms with Crippen molar-refractivity contribution in [3.63, 3.8) is 0 Å². The van der Waals surface area contributed by atoms with Gasteiger partial charge in [-0.05, 0) is 55.2 Å². The second-order valence-corrected chi connectivity index (χ2v) is 7.91. The molecule has 0 bridgehead atoms. The van der Waals surface area contributed by atoms with Crippen LogP contribution in [0.3, 0.4) is 0 Å². The summed E-state index contributed by atoms with van der Waals surface area (Å²) in [5, 5.41) is 0.644. The molecule has 0 saturated heterocycles. The number of ether oxygens (including phenoxy) is 1. The van der Waals surface area contributed by atoms with Crippen LogP contribution in [0.25, 0.3) is 20.7 Å². The molecule has 0 radical (unpaired) electrons. The minimum Gasteiger partial charge on any atom is -0.497 e. The first-order chi connectivity index (χ1) is 12.6. The normalized spacial score (nSPS) is 15.5. The summed E-state index contributed by atoms with van der Waals surface area (Å²) in [5.41, 5.74) is 1.52. The van der Waals surface area contributed by atoms with Gasteiger partial charge >= 0.3 is 5.69 Å². The molecule has 1 aliphatic rings. The maximum Gasteiger partial charge on any atom is 0.329 e. The number of rotatable bonds is 3. The lowest BCUT2D eigenvalue weighted by Crippen LogP contribution is -2.38. The third kappa shape index (κ3) is 2.78. The van der Waals surface area contributed by atoms with Gasteiger partial charge in [-0.3, -0.25) is 14.3 Å². The Morgan fingerprint density at radius 1 is 1.12 bits per heavy atom. The highest BCUT2D eigenvalue weighted by molar-refractivity contribution is 7.22. The SMILES string of the molecule is COc1ccc(-c2sc3[nH]c(=O)n(C4CCCCC4)c(=O)c3c2C)cc1. The van der Waals surface area contributed by atoms with Gasteiger partial charge in [0.25, 0.3) is 5.56 Å². The fraction of sp³-hybridized carbons (Fsp3) is 0.400. The highest BCUT2D eigenvalue weighted by Gasteiger charge is 2.23. The molecule has 0 amide bonds. The number of benzene rings is 1. The Morgan fingerprint density at radius 3 is 2.46 bits per heavy atom. The molecule has 1 N–H and O–H groups in total. The van der Waals surface area contributed by atoms with E-state index < -0.39 is 0 Å². The van der Waals surface area contributed by atoms with Crippen LogP contribution in [0.2, 0.25) is 0 Å². The summed E-state index contributed by atoms with van der Waals surface area (Å²) in [6.45, 7) is 1.96. The van der Waals surface area contributed by atoms with E-state index in [4.69, 9.17) is 4.74 Å². The maximum absolute atomic E-state index is 13.1. The number of thiophene rings is 1.